The van der Waals surface area contributed by atoms with E-state index in [0.717, 1.165) is 26.2 Å². The van der Waals surface area contributed by atoms with Gasteiger partial charge in [0, 0.05) is 6.04 Å². The molecule has 0 amide bonds. The number of rotatable bonds is 25. The van der Waals surface area contributed by atoms with Gasteiger partial charge in [0.15, 0.2) is 0 Å². The summed E-state index contributed by atoms with van der Waals surface area (Å²) in [6.07, 6.45) is 19.5. The van der Waals surface area contributed by atoms with Crippen LogP contribution in [0.2, 0.25) is 0 Å². The fourth-order valence-corrected chi connectivity index (χ4v) is 5.03. The van der Waals surface area contributed by atoms with Gasteiger partial charge in [-0.15, -0.1) is 0 Å². The first kappa shape index (κ1) is 31.5. The van der Waals surface area contributed by atoms with E-state index in [0.29, 0.717) is 6.04 Å². The van der Waals surface area contributed by atoms with Crippen LogP contribution in [0.4, 0.5) is 0 Å². The van der Waals surface area contributed by atoms with Crippen LogP contribution in [-0.2, 0) is 12.8 Å². The van der Waals surface area contributed by atoms with Gasteiger partial charge in [-0.3, -0.25) is 0 Å². The molecule has 2 rings (SSSR count). The summed E-state index contributed by atoms with van der Waals surface area (Å²) in [6, 6.07) is 22.4. The Bertz CT molecular complexity index is 663. The highest BCUT2D eigenvalue weighted by atomic mass is 14.9. The zero-order chi connectivity index (χ0) is 26.1. The maximum atomic E-state index is 3.90. The van der Waals surface area contributed by atoms with Crippen LogP contribution in [0.5, 0.6) is 0 Å². The predicted molar refractivity (Wildman–Crippen MR) is 164 cm³/mol. The van der Waals surface area contributed by atoms with Gasteiger partial charge in [0.05, 0.1) is 0 Å². The Morgan fingerprint density at radius 1 is 0.486 bits per heavy atom. The SMILES string of the molecule is CCCCCCCNC(CCCNCCCCc1ccccc1)CCCNCCCCc1ccccc1. The first-order valence-electron chi connectivity index (χ1n) is 15.6. The van der Waals surface area contributed by atoms with E-state index in [1.165, 1.54) is 114 Å². The molecule has 2 aromatic carbocycles. The molecule has 0 heterocycles. The number of benzene rings is 2. The summed E-state index contributed by atoms with van der Waals surface area (Å²) >= 11 is 0. The van der Waals surface area contributed by atoms with Gasteiger partial charge < -0.3 is 16.0 Å². The van der Waals surface area contributed by atoms with Crippen LogP contribution in [0.1, 0.15) is 102 Å². The van der Waals surface area contributed by atoms with Crippen LogP contribution in [0.3, 0.4) is 0 Å². The fourth-order valence-electron chi connectivity index (χ4n) is 5.03. The highest BCUT2D eigenvalue weighted by Gasteiger charge is 2.07. The van der Waals surface area contributed by atoms with Crippen molar-refractivity contribution in [2.24, 2.45) is 0 Å². The summed E-state index contributed by atoms with van der Waals surface area (Å²) in [5, 5.41) is 11.3. The lowest BCUT2D eigenvalue weighted by atomic mass is 10.0. The van der Waals surface area contributed by atoms with Crippen molar-refractivity contribution in [3.05, 3.63) is 71.8 Å². The van der Waals surface area contributed by atoms with Crippen LogP contribution in [-0.4, -0.2) is 38.8 Å². The lowest BCUT2D eigenvalue weighted by Crippen LogP contribution is -2.32. The third-order valence-corrected chi connectivity index (χ3v) is 7.35. The molecule has 3 nitrogen and oxygen atoms in total. The summed E-state index contributed by atoms with van der Waals surface area (Å²) in [6.45, 7) is 8.09. The van der Waals surface area contributed by atoms with Gasteiger partial charge in [0.2, 0.25) is 0 Å². The van der Waals surface area contributed by atoms with E-state index in [1.807, 2.05) is 0 Å². The summed E-state index contributed by atoms with van der Waals surface area (Å²) < 4.78 is 0. The molecule has 0 fully saturated rings. The second kappa shape index (κ2) is 23.4. The van der Waals surface area contributed by atoms with Gasteiger partial charge in [-0.25, -0.2) is 0 Å². The molecule has 208 valence electrons. The predicted octanol–water partition coefficient (Wildman–Crippen LogP) is 7.70. The molecule has 0 unspecified atom stereocenters. The molecule has 0 aromatic heterocycles. The number of aryl methyl sites for hydroxylation is 2. The standard InChI is InChI=1S/C34H57N3/c1-2-3-4-5-14-31-37-34(25-17-29-35-27-15-12-23-32-19-8-6-9-20-32)26-18-30-36-28-16-13-24-33-21-10-7-11-22-33/h6-11,19-22,34-37H,2-5,12-18,23-31H2,1H3. The summed E-state index contributed by atoms with van der Waals surface area (Å²) in [5.41, 5.74) is 2.93. The Kier molecular flexibility index (Phi) is 20.0. The van der Waals surface area contributed by atoms with Gasteiger partial charge in [-0.05, 0) is 114 Å². The Balaban J connectivity index is 1.49. The minimum atomic E-state index is 0.672. The number of hydrogen-bond donors (Lipinski definition) is 3. The van der Waals surface area contributed by atoms with Crippen molar-refractivity contribution in [3.8, 4) is 0 Å². The average Bonchev–Trinajstić information content (AvgIpc) is 2.94. The Morgan fingerprint density at radius 2 is 0.946 bits per heavy atom. The number of nitrogens with one attached hydrogen (secondary N) is 3. The largest absolute Gasteiger partial charge is 0.317 e. The van der Waals surface area contributed by atoms with Gasteiger partial charge in [0.25, 0.3) is 0 Å². The van der Waals surface area contributed by atoms with E-state index >= 15 is 0 Å². The third-order valence-electron chi connectivity index (χ3n) is 7.35. The normalized spacial score (nSPS) is 11.4. The molecule has 0 aliphatic rings. The van der Waals surface area contributed by atoms with Crippen LogP contribution in [0.25, 0.3) is 0 Å². The van der Waals surface area contributed by atoms with Crippen molar-refractivity contribution in [1.29, 1.82) is 0 Å². The fraction of sp³-hybridized carbons (Fsp3) is 0.647. The molecule has 0 atom stereocenters. The maximum absolute atomic E-state index is 3.90. The van der Waals surface area contributed by atoms with Gasteiger partial charge in [-0.1, -0.05) is 93.3 Å². The third kappa shape index (κ3) is 18.3. The minimum Gasteiger partial charge on any atom is -0.317 e. The maximum Gasteiger partial charge on any atom is 0.00680 e. The van der Waals surface area contributed by atoms with Gasteiger partial charge in [-0.2, -0.15) is 0 Å². The Morgan fingerprint density at radius 3 is 1.46 bits per heavy atom. The van der Waals surface area contributed by atoms with E-state index in [1.54, 1.807) is 0 Å². The molecule has 0 saturated carbocycles. The number of hydrogen-bond acceptors (Lipinski definition) is 3. The molecule has 3 N–H and O–H groups in total. The highest BCUT2D eigenvalue weighted by Crippen LogP contribution is 2.08. The molecule has 0 bridgehead atoms. The van der Waals surface area contributed by atoms with Crippen molar-refractivity contribution >= 4 is 0 Å². The van der Waals surface area contributed by atoms with E-state index in [-0.39, 0.29) is 0 Å². The lowest BCUT2D eigenvalue weighted by molar-refractivity contribution is 0.412. The molecule has 37 heavy (non-hydrogen) atoms. The molecule has 0 spiro atoms. The summed E-state index contributed by atoms with van der Waals surface area (Å²) in [7, 11) is 0. The first-order valence-corrected chi connectivity index (χ1v) is 15.6. The average molecular weight is 508 g/mol. The van der Waals surface area contributed by atoms with Crippen LogP contribution in [0, 0.1) is 0 Å². The molecular formula is C34H57N3. The van der Waals surface area contributed by atoms with Crippen LogP contribution < -0.4 is 16.0 Å². The molecule has 0 radical (unpaired) electrons. The summed E-state index contributed by atoms with van der Waals surface area (Å²) in [4.78, 5) is 0. The second-order valence-electron chi connectivity index (χ2n) is 10.7. The van der Waals surface area contributed by atoms with E-state index in [9.17, 15) is 0 Å². The van der Waals surface area contributed by atoms with Crippen molar-refractivity contribution < 1.29 is 0 Å². The molecule has 3 heteroatoms. The second-order valence-corrected chi connectivity index (χ2v) is 10.7. The van der Waals surface area contributed by atoms with Crippen molar-refractivity contribution in [1.82, 2.24) is 16.0 Å². The minimum absolute atomic E-state index is 0.672. The Labute approximate surface area is 229 Å². The van der Waals surface area contributed by atoms with Crippen LogP contribution >= 0.6 is 0 Å². The van der Waals surface area contributed by atoms with E-state index in [4.69, 9.17) is 0 Å². The Hall–Kier alpha value is -1.68. The van der Waals surface area contributed by atoms with Gasteiger partial charge in [0.1, 0.15) is 0 Å². The zero-order valence-corrected chi connectivity index (χ0v) is 24.0. The molecular weight excluding hydrogens is 450 g/mol. The van der Waals surface area contributed by atoms with Crippen LogP contribution in [0.15, 0.2) is 60.7 Å². The zero-order valence-electron chi connectivity index (χ0n) is 24.0. The number of unbranched alkanes of at least 4 members (excludes halogenated alkanes) is 6. The monoisotopic (exact) mass is 507 g/mol. The molecule has 0 saturated heterocycles. The molecule has 0 aliphatic heterocycles. The smallest absolute Gasteiger partial charge is 0.00680 e. The lowest BCUT2D eigenvalue weighted by Gasteiger charge is -2.19. The summed E-state index contributed by atoms with van der Waals surface area (Å²) in [5.74, 6) is 0. The highest BCUT2D eigenvalue weighted by molar-refractivity contribution is 5.15. The topological polar surface area (TPSA) is 36.1 Å². The molecule has 0 aliphatic carbocycles. The van der Waals surface area contributed by atoms with Crippen molar-refractivity contribution in [2.45, 2.75) is 109 Å². The van der Waals surface area contributed by atoms with E-state index < -0.39 is 0 Å². The van der Waals surface area contributed by atoms with Crippen molar-refractivity contribution in [2.75, 3.05) is 32.7 Å². The quantitative estimate of drug-likeness (QED) is 0.121. The van der Waals surface area contributed by atoms with Gasteiger partial charge >= 0.3 is 0 Å². The van der Waals surface area contributed by atoms with Crippen molar-refractivity contribution in [3.63, 3.8) is 0 Å². The van der Waals surface area contributed by atoms with E-state index in [2.05, 4.69) is 83.5 Å². The molecule has 2 aromatic rings. The first-order chi connectivity index (χ1) is 18.4.